The molecule has 1 atom stereocenters. The van der Waals surface area contributed by atoms with Gasteiger partial charge in [-0.05, 0) is 43.4 Å². The van der Waals surface area contributed by atoms with Gasteiger partial charge in [0.15, 0.2) is 5.76 Å². The number of nitrogens with one attached hydrogen (secondary N) is 2. The molecular formula is C22H27ClN4O5. The van der Waals surface area contributed by atoms with E-state index in [-0.39, 0.29) is 24.6 Å². The van der Waals surface area contributed by atoms with Crippen LogP contribution in [0.5, 0.6) is 5.75 Å². The molecule has 0 radical (unpaired) electrons. The maximum Gasteiger partial charge on any atom is 0.305 e. The van der Waals surface area contributed by atoms with E-state index in [1.807, 2.05) is 13.8 Å². The number of hydrogen-bond acceptors (Lipinski definition) is 6. The van der Waals surface area contributed by atoms with Gasteiger partial charge >= 0.3 is 5.91 Å². The van der Waals surface area contributed by atoms with E-state index in [2.05, 4.69) is 15.8 Å². The molecule has 1 unspecified atom stereocenters. The number of amides is 3. The van der Waals surface area contributed by atoms with Gasteiger partial charge in [0.2, 0.25) is 11.8 Å². The zero-order chi connectivity index (χ0) is 23.3. The molecule has 1 aromatic heterocycles. The third-order valence-electron chi connectivity index (χ3n) is 5.39. The lowest BCUT2D eigenvalue weighted by molar-refractivity contribution is -0.126. The van der Waals surface area contributed by atoms with Crippen LogP contribution in [0, 0.1) is 5.92 Å². The van der Waals surface area contributed by atoms with Crippen molar-refractivity contribution in [3.63, 3.8) is 0 Å². The van der Waals surface area contributed by atoms with E-state index < -0.39 is 17.7 Å². The summed E-state index contributed by atoms with van der Waals surface area (Å²) in [6.07, 6.45) is 0.00609. The lowest BCUT2D eigenvalue weighted by atomic mass is 10.1. The van der Waals surface area contributed by atoms with Crippen LogP contribution in [0.4, 0.5) is 5.69 Å². The second kappa shape index (κ2) is 10.5. The van der Waals surface area contributed by atoms with E-state index in [9.17, 15) is 14.4 Å². The van der Waals surface area contributed by atoms with E-state index in [1.54, 1.807) is 30.3 Å². The van der Waals surface area contributed by atoms with Gasteiger partial charge in [-0.1, -0.05) is 25.4 Å². The third kappa shape index (κ3) is 5.41. The van der Waals surface area contributed by atoms with Crippen LogP contribution in [-0.4, -0.2) is 49.4 Å². The Kier molecular flexibility index (Phi) is 7.76. The zero-order valence-corrected chi connectivity index (χ0v) is 19.1. The molecule has 1 aromatic carbocycles. The maximum atomic E-state index is 12.6. The normalized spacial score (nSPS) is 15.8. The highest BCUT2D eigenvalue weighted by molar-refractivity contribution is 6.31. The molecule has 172 valence electrons. The fourth-order valence-electron chi connectivity index (χ4n) is 3.52. The number of rotatable bonds is 8. The van der Waals surface area contributed by atoms with Crippen molar-refractivity contribution in [1.82, 2.24) is 15.8 Å². The summed E-state index contributed by atoms with van der Waals surface area (Å²) in [5.74, 6) is -0.661. The lowest BCUT2D eigenvalue weighted by Gasteiger charge is -2.19. The Labute approximate surface area is 191 Å². The van der Waals surface area contributed by atoms with Crippen molar-refractivity contribution in [3.05, 3.63) is 46.9 Å². The standard InChI is InChI=1S/C22H27ClN4O5/c1-4-26(5-2)13-16-7-9-19(32-16)22(30)25-24-21(29)14-10-20(28)27(12-14)17-11-15(23)6-8-18(17)31-3/h6-9,11,14H,4-5,10,12-13H2,1-3H3,(H,24,29)(H,25,30). The van der Waals surface area contributed by atoms with Crippen LogP contribution in [0.2, 0.25) is 5.02 Å². The SMILES string of the molecule is CCN(CC)Cc1ccc(C(=O)NNC(=O)C2CC(=O)N(c3cc(Cl)ccc3OC)C2)o1. The Balaban J connectivity index is 1.57. The Bertz CT molecular complexity index is 988. The fraction of sp³-hybridized carbons (Fsp3) is 0.409. The van der Waals surface area contributed by atoms with Gasteiger partial charge in [-0.25, -0.2) is 0 Å². The van der Waals surface area contributed by atoms with E-state index in [0.29, 0.717) is 28.8 Å². The summed E-state index contributed by atoms with van der Waals surface area (Å²) >= 11 is 6.06. The Morgan fingerprint density at radius 3 is 2.66 bits per heavy atom. The largest absolute Gasteiger partial charge is 0.495 e. The highest BCUT2D eigenvalue weighted by Crippen LogP contribution is 2.35. The van der Waals surface area contributed by atoms with Gasteiger partial charge in [-0.15, -0.1) is 0 Å². The second-order valence-electron chi connectivity index (χ2n) is 7.39. The first kappa shape index (κ1) is 23.6. The Morgan fingerprint density at radius 2 is 1.97 bits per heavy atom. The summed E-state index contributed by atoms with van der Waals surface area (Å²) < 4.78 is 10.9. The van der Waals surface area contributed by atoms with Gasteiger partial charge < -0.3 is 14.1 Å². The van der Waals surface area contributed by atoms with Crippen LogP contribution in [0.3, 0.4) is 0 Å². The summed E-state index contributed by atoms with van der Waals surface area (Å²) in [5, 5.41) is 0.451. The number of halogens is 1. The number of methoxy groups -OCH3 is 1. The molecule has 0 saturated carbocycles. The van der Waals surface area contributed by atoms with Crippen molar-refractivity contribution in [2.24, 2.45) is 5.92 Å². The molecule has 3 amide bonds. The Morgan fingerprint density at radius 1 is 1.22 bits per heavy atom. The van der Waals surface area contributed by atoms with Crippen molar-refractivity contribution < 1.29 is 23.5 Å². The average Bonchev–Trinajstić information content (AvgIpc) is 3.42. The molecule has 2 heterocycles. The predicted octanol–water partition coefficient (Wildman–Crippen LogP) is 2.60. The number of furan rings is 1. The number of anilines is 1. The molecule has 1 saturated heterocycles. The molecule has 0 bridgehead atoms. The summed E-state index contributed by atoms with van der Waals surface area (Å²) in [7, 11) is 1.50. The van der Waals surface area contributed by atoms with E-state index in [1.165, 1.54) is 12.0 Å². The predicted molar refractivity (Wildman–Crippen MR) is 119 cm³/mol. The second-order valence-corrected chi connectivity index (χ2v) is 7.83. The molecule has 1 fully saturated rings. The number of nitrogens with zero attached hydrogens (tertiary/aromatic N) is 2. The fourth-order valence-corrected chi connectivity index (χ4v) is 3.69. The lowest BCUT2D eigenvalue weighted by Crippen LogP contribution is -2.45. The first-order chi connectivity index (χ1) is 15.4. The number of hydrogen-bond donors (Lipinski definition) is 2. The summed E-state index contributed by atoms with van der Waals surface area (Å²) in [6.45, 7) is 6.57. The van der Waals surface area contributed by atoms with E-state index in [4.69, 9.17) is 20.8 Å². The van der Waals surface area contributed by atoms with Gasteiger partial charge in [-0.3, -0.25) is 30.1 Å². The van der Waals surface area contributed by atoms with Crippen LogP contribution < -0.4 is 20.5 Å². The summed E-state index contributed by atoms with van der Waals surface area (Å²) in [6, 6.07) is 8.24. The number of benzene rings is 1. The minimum atomic E-state index is -0.638. The molecule has 9 nitrogen and oxygen atoms in total. The molecule has 0 spiro atoms. The third-order valence-corrected chi connectivity index (χ3v) is 5.62. The number of carbonyl (C=O) groups is 3. The minimum absolute atomic E-state index is 0.00609. The van der Waals surface area contributed by atoms with Crippen molar-refractivity contribution in [2.75, 3.05) is 31.6 Å². The summed E-state index contributed by atoms with van der Waals surface area (Å²) in [4.78, 5) is 41.0. The van der Waals surface area contributed by atoms with Crippen LogP contribution in [0.25, 0.3) is 0 Å². The summed E-state index contributed by atoms with van der Waals surface area (Å²) in [5.41, 5.74) is 5.23. The van der Waals surface area contributed by atoms with Crippen LogP contribution in [-0.2, 0) is 16.1 Å². The van der Waals surface area contributed by atoms with Crippen LogP contribution in [0.15, 0.2) is 34.7 Å². The zero-order valence-electron chi connectivity index (χ0n) is 18.3. The maximum absolute atomic E-state index is 12.6. The van der Waals surface area contributed by atoms with Gasteiger partial charge in [0.25, 0.3) is 0 Å². The number of carbonyl (C=O) groups excluding carboxylic acids is 3. The van der Waals surface area contributed by atoms with Gasteiger partial charge in [-0.2, -0.15) is 0 Å². The van der Waals surface area contributed by atoms with Gasteiger partial charge in [0, 0.05) is 18.0 Å². The molecule has 0 aliphatic carbocycles. The smallest absolute Gasteiger partial charge is 0.305 e. The van der Waals surface area contributed by atoms with Gasteiger partial charge in [0.05, 0.1) is 25.3 Å². The molecule has 2 N–H and O–H groups in total. The number of ether oxygens (including phenoxy) is 1. The average molecular weight is 463 g/mol. The van der Waals surface area contributed by atoms with Crippen molar-refractivity contribution in [2.45, 2.75) is 26.8 Å². The number of hydrazine groups is 1. The van der Waals surface area contributed by atoms with Crippen LogP contribution >= 0.6 is 11.6 Å². The highest BCUT2D eigenvalue weighted by Gasteiger charge is 2.36. The quantitative estimate of drug-likeness (QED) is 0.584. The minimum Gasteiger partial charge on any atom is -0.495 e. The van der Waals surface area contributed by atoms with E-state index in [0.717, 1.165) is 13.1 Å². The molecule has 1 aliphatic rings. The highest BCUT2D eigenvalue weighted by atomic mass is 35.5. The van der Waals surface area contributed by atoms with Crippen molar-refractivity contribution in [3.8, 4) is 5.75 Å². The van der Waals surface area contributed by atoms with E-state index >= 15 is 0 Å². The van der Waals surface area contributed by atoms with Crippen molar-refractivity contribution in [1.29, 1.82) is 0 Å². The van der Waals surface area contributed by atoms with Gasteiger partial charge in [0.1, 0.15) is 11.5 Å². The monoisotopic (exact) mass is 462 g/mol. The topological polar surface area (TPSA) is 104 Å². The molecular weight excluding hydrogens is 436 g/mol. The molecule has 1 aliphatic heterocycles. The molecule has 32 heavy (non-hydrogen) atoms. The van der Waals surface area contributed by atoms with Crippen molar-refractivity contribution >= 4 is 35.0 Å². The van der Waals surface area contributed by atoms with Crippen LogP contribution in [0.1, 0.15) is 36.6 Å². The Hall–Kier alpha value is -3.04. The molecule has 10 heteroatoms. The first-order valence-electron chi connectivity index (χ1n) is 10.4. The molecule has 2 aromatic rings. The molecule has 3 rings (SSSR count). The first-order valence-corrected chi connectivity index (χ1v) is 10.8.